The molecule has 2 aromatic heterocycles. The Morgan fingerprint density at radius 1 is 1.03 bits per heavy atom. The van der Waals surface area contributed by atoms with Gasteiger partial charge in [-0.15, -0.1) is 0 Å². The van der Waals surface area contributed by atoms with Crippen LogP contribution in [0.2, 0.25) is 0 Å². The minimum Gasteiger partial charge on any atom is -0.497 e. The highest BCUT2D eigenvalue weighted by atomic mass is 16.5. The van der Waals surface area contributed by atoms with Crippen LogP contribution in [-0.4, -0.2) is 30.0 Å². The van der Waals surface area contributed by atoms with Crippen molar-refractivity contribution < 1.29 is 23.5 Å². The molecule has 0 aliphatic heterocycles. The van der Waals surface area contributed by atoms with Crippen molar-refractivity contribution >= 4 is 22.7 Å². The molecule has 0 aliphatic carbocycles. The van der Waals surface area contributed by atoms with Crippen LogP contribution in [0.25, 0.3) is 16.7 Å². The van der Waals surface area contributed by atoms with Gasteiger partial charge in [0.15, 0.2) is 6.61 Å². The molecule has 0 amide bonds. The van der Waals surface area contributed by atoms with Crippen molar-refractivity contribution in [3.63, 3.8) is 0 Å². The second-order valence-corrected chi connectivity index (χ2v) is 7.34. The molecule has 0 N–H and O–H groups in total. The van der Waals surface area contributed by atoms with Gasteiger partial charge in [-0.1, -0.05) is 18.2 Å². The van der Waals surface area contributed by atoms with Crippen molar-refractivity contribution in [2.45, 2.75) is 20.3 Å². The van der Waals surface area contributed by atoms with E-state index in [1.165, 1.54) is 6.26 Å². The monoisotopic (exact) mass is 417 g/mol. The Labute approximate surface area is 180 Å². The number of carbonyl (C=O) groups excluding carboxylic acids is 2. The number of ketones is 1. The number of furan rings is 1. The SMILES string of the molecule is COc1ccc2c(CC(=O)OCC(=O)c3cc(C)n(-c4ccccc4)c3C)coc2c1. The molecule has 158 valence electrons. The average molecular weight is 417 g/mol. The van der Waals surface area contributed by atoms with Crippen molar-refractivity contribution in [1.29, 1.82) is 0 Å². The number of aryl methyl sites for hydroxylation is 1. The fraction of sp³-hybridized carbons (Fsp3) is 0.200. The van der Waals surface area contributed by atoms with Crippen molar-refractivity contribution in [1.82, 2.24) is 4.57 Å². The molecule has 0 saturated carbocycles. The van der Waals surface area contributed by atoms with Gasteiger partial charge in [0.2, 0.25) is 5.78 Å². The van der Waals surface area contributed by atoms with Crippen molar-refractivity contribution in [2.24, 2.45) is 0 Å². The normalized spacial score (nSPS) is 10.9. The number of aromatic nitrogens is 1. The molecule has 0 spiro atoms. The summed E-state index contributed by atoms with van der Waals surface area (Å²) in [6.45, 7) is 3.53. The topological polar surface area (TPSA) is 70.7 Å². The van der Waals surface area contributed by atoms with Gasteiger partial charge in [0.1, 0.15) is 11.3 Å². The van der Waals surface area contributed by atoms with Gasteiger partial charge >= 0.3 is 5.97 Å². The summed E-state index contributed by atoms with van der Waals surface area (Å²) in [6.07, 6.45) is 1.55. The number of nitrogens with zero attached hydrogens (tertiary/aromatic N) is 1. The predicted octanol–water partition coefficient (Wildman–Crippen LogP) is 4.82. The van der Waals surface area contributed by atoms with Crippen LogP contribution in [0.3, 0.4) is 0 Å². The Morgan fingerprint density at radius 3 is 2.55 bits per heavy atom. The molecule has 0 unspecified atom stereocenters. The Hall–Kier alpha value is -3.80. The van der Waals surface area contributed by atoms with Gasteiger partial charge in [0.25, 0.3) is 0 Å². The maximum Gasteiger partial charge on any atom is 0.310 e. The van der Waals surface area contributed by atoms with Gasteiger partial charge in [-0.25, -0.2) is 0 Å². The van der Waals surface area contributed by atoms with Gasteiger partial charge < -0.3 is 18.5 Å². The number of carbonyl (C=O) groups is 2. The maximum absolute atomic E-state index is 12.7. The third-order valence-electron chi connectivity index (χ3n) is 5.31. The summed E-state index contributed by atoms with van der Waals surface area (Å²) in [7, 11) is 1.58. The van der Waals surface area contributed by atoms with Crippen LogP contribution in [-0.2, 0) is 16.0 Å². The van der Waals surface area contributed by atoms with Gasteiger partial charge in [0, 0.05) is 39.7 Å². The van der Waals surface area contributed by atoms with Crippen LogP contribution in [0.4, 0.5) is 0 Å². The highest BCUT2D eigenvalue weighted by molar-refractivity contribution is 5.99. The lowest BCUT2D eigenvalue weighted by Gasteiger charge is -2.09. The van der Waals surface area contributed by atoms with Crippen LogP contribution < -0.4 is 4.74 Å². The molecule has 2 aromatic carbocycles. The molecule has 0 radical (unpaired) electrons. The lowest BCUT2D eigenvalue weighted by molar-refractivity contribution is -0.141. The molecular formula is C25H23NO5. The van der Waals surface area contributed by atoms with Crippen LogP contribution >= 0.6 is 0 Å². The zero-order valence-electron chi connectivity index (χ0n) is 17.7. The predicted molar refractivity (Wildman–Crippen MR) is 117 cm³/mol. The largest absolute Gasteiger partial charge is 0.497 e. The third kappa shape index (κ3) is 4.10. The molecule has 0 bridgehead atoms. The van der Waals surface area contributed by atoms with E-state index in [-0.39, 0.29) is 18.8 Å². The second kappa shape index (κ2) is 8.52. The standard InChI is InChI=1S/C25H23NO5/c1-16-11-22(17(2)26(16)19-7-5-4-6-8-19)23(27)15-31-25(28)12-18-14-30-24-13-20(29-3)9-10-21(18)24/h4-11,13-14H,12,15H2,1-3H3. The Bertz CT molecular complexity index is 1250. The van der Waals surface area contributed by atoms with Crippen LogP contribution in [0.1, 0.15) is 27.3 Å². The maximum atomic E-state index is 12.7. The summed E-state index contributed by atoms with van der Waals surface area (Å²) in [5.74, 6) is -0.0381. The number of Topliss-reactive ketones (excluding diaryl/α,β-unsaturated/α-hetero) is 1. The number of hydrogen-bond donors (Lipinski definition) is 0. The van der Waals surface area contributed by atoms with E-state index in [9.17, 15) is 9.59 Å². The highest BCUT2D eigenvalue weighted by Gasteiger charge is 2.19. The Balaban J connectivity index is 1.43. The van der Waals surface area contributed by atoms with E-state index in [4.69, 9.17) is 13.9 Å². The molecule has 0 fully saturated rings. The first-order valence-electron chi connectivity index (χ1n) is 9.95. The molecule has 2 heterocycles. The molecule has 0 atom stereocenters. The summed E-state index contributed by atoms with van der Waals surface area (Å²) in [5.41, 5.74) is 4.63. The fourth-order valence-corrected chi connectivity index (χ4v) is 3.78. The van der Waals surface area contributed by atoms with Crippen molar-refractivity contribution in [3.05, 3.63) is 83.4 Å². The van der Waals surface area contributed by atoms with Crippen LogP contribution in [0, 0.1) is 13.8 Å². The first-order valence-corrected chi connectivity index (χ1v) is 9.95. The lowest BCUT2D eigenvalue weighted by Crippen LogP contribution is -2.16. The fourth-order valence-electron chi connectivity index (χ4n) is 3.78. The summed E-state index contributed by atoms with van der Waals surface area (Å²) in [6, 6.07) is 17.1. The zero-order chi connectivity index (χ0) is 22.0. The average Bonchev–Trinajstić information content (AvgIpc) is 3.32. The van der Waals surface area contributed by atoms with E-state index in [0.717, 1.165) is 22.5 Å². The minimum atomic E-state index is -0.483. The van der Waals surface area contributed by atoms with Crippen LogP contribution in [0.5, 0.6) is 5.75 Å². The van der Waals surface area contributed by atoms with Gasteiger partial charge in [0.05, 0.1) is 19.8 Å². The van der Waals surface area contributed by atoms with Crippen molar-refractivity contribution in [2.75, 3.05) is 13.7 Å². The smallest absolute Gasteiger partial charge is 0.310 e. The number of para-hydroxylation sites is 1. The highest BCUT2D eigenvalue weighted by Crippen LogP contribution is 2.26. The first kappa shape index (κ1) is 20.5. The van der Waals surface area contributed by atoms with E-state index >= 15 is 0 Å². The minimum absolute atomic E-state index is 0.0235. The molecule has 0 saturated heterocycles. The first-order chi connectivity index (χ1) is 15.0. The van der Waals surface area contributed by atoms with Gasteiger partial charge in [-0.3, -0.25) is 9.59 Å². The van der Waals surface area contributed by atoms with E-state index in [2.05, 4.69) is 0 Å². The van der Waals surface area contributed by atoms with E-state index in [1.807, 2.05) is 60.9 Å². The number of ether oxygens (including phenoxy) is 2. The molecule has 4 rings (SSSR count). The lowest BCUT2D eigenvalue weighted by atomic mass is 10.1. The molecule has 6 heteroatoms. The molecule has 4 aromatic rings. The summed E-state index contributed by atoms with van der Waals surface area (Å²) in [4.78, 5) is 25.1. The number of methoxy groups -OCH3 is 1. The van der Waals surface area contributed by atoms with E-state index < -0.39 is 5.97 Å². The number of fused-ring (bicyclic) bond motifs is 1. The molecule has 6 nitrogen and oxygen atoms in total. The summed E-state index contributed by atoms with van der Waals surface area (Å²) in [5, 5.41) is 0.815. The van der Waals surface area contributed by atoms with Gasteiger partial charge in [-0.2, -0.15) is 0 Å². The Kier molecular flexibility index (Phi) is 5.62. The molecule has 0 aliphatic rings. The summed E-state index contributed by atoms with van der Waals surface area (Å²) >= 11 is 0. The summed E-state index contributed by atoms with van der Waals surface area (Å²) < 4.78 is 18.0. The molecular weight excluding hydrogens is 394 g/mol. The number of benzene rings is 2. The Morgan fingerprint density at radius 2 is 1.81 bits per heavy atom. The van der Waals surface area contributed by atoms with Gasteiger partial charge in [-0.05, 0) is 44.2 Å². The third-order valence-corrected chi connectivity index (χ3v) is 5.31. The number of hydrogen-bond acceptors (Lipinski definition) is 5. The van der Waals surface area contributed by atoms with Crippen molar-refractivity contribution in [3.8, 4) is 11.4 Å². The quantitative estimate of drug-likeness (QED) is 0.319. The second-order valence-electron chi connectivity index (χ2n) is 7.34. The van der Waals surface area contributed by atoms with Crippen LogP contribution in [0.15, 0.2) is 65.3 Å². The number of rotatable bonds is 7. The van der Waals surface area contributed by atoms with E-state index in [1.54, 1.807) is 19.2 Å². The zero-order valence-corrected chi connectivity index (χ0v) is 17.7. The van der Waals surface area contributed by atoms with E-state index in [0.29, 0.717) is 22.5 Å². The molecule has 31 heavy (non-hydrogen) atoms. The number of esters is 1.